The quantitative estimate of drug-likeness (QED) is 0.748. The molecule has 2 rings (SSSR count). The van der Waals surface area contributed by atoms with E-state index >= 15 is 0 Å². The Morgan fingerprint density at radius 1 is 1.53 bits per heavy atom. The molecule has 1 heterocycles. The van der Waals surface area contributed by atoms with Crippen LogP contribution in [0.2, 0.25) is 0 Å². The minimum atomic E-state index is -0.526. The summed E-state index contributed by atoms with van der Waals surface area (Å²) >= 11 is 0. The molecular formula is C14H18N2O3. The van der Waals surface area contributed by atoms with Gasteiger partial charge in [-0.3, -0.25) is 9.78 Å². The Kier molecular flexibility index (Phi) is 4.14. The highest BCUT2D eigenvalue weighted by molar-refractivity contribution is 5.86. The van der Waals surface area contributed by atoms with E-state index in [0.29, 0.717) is 0 Å². The van der Waals surface area contributed by atoms with Gasteiger partial charge in [-0.2, -0.15) is 0 Å². The van der Waals surface area contributed by atoms with Gasteiger partial charge in [0.15, 0.2) is 0 Å². The Balaban J connectivity index is 2.07. The normalized spacial score (nSPS) is 15.7. The molecule has 5 heteroatoms. The smallest absolute Gasteiger partial charge is 0.328 e. The zero-order chi connectivity index (χ0) is 13.8. The first-order valence-electron chi connectivity index (χ1n) is 6.41. The van der Waals surface area contributed by atoms with Crippen molar-refractivity contribution in [3.05, 3.63) is 30.1 Å². The number of carbonyl (C=O) groups excluding carboxylic acids is 2. The molecule has 1 aromatic heterocycles. The molecule has 0 N–H and O–H groups in total. The number of nitrogens with zero attached hydrogens (tertiary/aromatic N) is 2. The molecule has 1 aliphatic rings. The topological polar surface area (TPSA) is 59.5 Å². The lowest BCUT2D eigenvalue weighted by Crippen LogP contribution is -2.45. The van der Waals surface area contributed by atoms with Crippen LogP contribution >= 0.6 is 0 Å². The number of esters is 1. The van der Waals surface area contributed by atoms with Crippen LogP contribution in [0.5, 0.6) is 0 Å². The molecule has 0 saturated heterocycles. The summed E-state index contributed by atoms with van der Waals surface area (Å²) in [5.41, 5.74) is 0.857. The van der Waals surface area contributed by atoms with Crippen LogP contribution < -0.4 is 0 Å². The molecule has 19 heavy (non-hydrogen) atoms. The second-order valence-electron chi connectivity index (χ2n) is 4.77. The molecule has 0 unspecified atom stereocenters. The van der Waals surface area contributed by atoms with Crippen molar-refractivity contribution in [3.8, 4) is 0 Å². The summed E-state index contributed by atoms with van der Waals surface area (Å²) in [7, 11) is 1.34. The summed E-state index contributed by atoms with van der Waals surface area (Å²) in [4.78, 5) is 29.6. The molecule has 0 bridgehead atoms. The number of methoxy groups -OCH3 is 1. The van der Waals surface area contributed by atoms with Crippen LogP contribution in [-0.2, 0) is 20.7 Å². The van der Waals surface area contributed by atoms with Crippen LogP contribution in [0.25, 0.3) is 0 Å². The summed E-state index contributed by atoms with van der Waals surface area (Å²) < 4.78 is 4.73. The van der Waals surface area contributed by atoms with Crippen LogP contribution in [0.15, 0.2) is 24.5 Å². The number of carbonyl (C=O) groups is 2. The van der Waals surface area contributed by atoms with Gasteiger partial charge in [-0.1, -0.05) is 6.07 Å². The summed E-state index contributed by atoms with van der Waals surface area (Å²) in [6.45, 7) is 1.71. The number of aromatic nitrogens is 1. The largest absolute Gasteiger partial charge is 0.467 e. The minimum Gasteiger partial charge on any atom is -0.467 e. The first-order valence-corrected chi connectivity index (χ1v) is 6.41. The third-order valence-corrected chi connectivity index (χ3v) is 3.27. The maximum Gasteiger partial charge on any atom is 0.328 e. The summed E-state index contributed by atoms with van der Waals surface area (Å²) in [6.07, 6.45) is 5.53. The van der Waals surface area contributed by atoms with Crippen molar-refractivity contribution >= 4 is 11.9 Å². The fraction of sp³-hybridized carbons (Fsp3) is 0.500. The lowest BCUT2D eigenvalue weighted by molar-refractivity contribution is -0.152. The van der Waals surface area contributed by atoms with E-state index in [1.807, 2.05) is 6.07 Å². The molecule has 1 saturated carbocycles. The molecule has 0 aromatic carbocycles. The van der Waals surface area contributed by atoms with E-state index in [0.717, 1.165) is 18.4 Å². The van der Waals surface area contributed by atoms with Crippen molar-refractivity contribution in [3.63, 3.8) is 0 Å². The molecule has 1 fully saturated rings. The standard InChI is InChI=1S/C14H18N2O3/c1-10(14(18)19-2)16(12-5-6-12)13(17)8-11-4-3-7-15-9-11/h3-4,7,9-10,12H,5-6,8H2,1-2H3/t10-/m1/s1. The molecule has 102 valence electrons. The van der Waals surface area contributed by atoms with Crippen LogP contribution in [-0.4, -0.2) is 41.0 Å². The summed E-state index contributed by atoms with van der Waals surface area (Å²) in [5, 5.41) is 0. The number of rotatable bonds is 5. The predicted octanol–water partition coefficient (Wildman–Crippen LogP) is 1.18. The highest BCUT2D eigenvalue weighted by Gasteiger charge is 2.38. The second-order valence-corrected chi connectivity index (χ2v) is 4.77. The Morgan fingerprint density at radius 2 is 2.26 bits per heavy atom. The zero-order valence-electron chi connectivity index (χ0n) is 11.2. The molecule has 1 amide bonds. The highest BCUT2D eigenvalue weighted by atomic mass is 16.5. The van der Waals surface area contributed by atoms with Crippen molar-refractivity contribution in [2.75, 3.05) is 7.11 Å². The van der Waals surface area contributed by atoms with Gasteiger partial charge >= 0.3 is 5.97 Å². The summed E-state index contributed by atoms with van der Waals surface area (Å²) in [6, 6.07) is 3.31. The number of hydrogen-bond acceptors (Lipinski definition) is 4. The van der Waals surface area contributed by atoms with Gasteiger partial charge in [-0.15, -0.1) is 0 Å². The number of amides is 1. The maximum atomic E-state index is 12.3. The lowest BCUT2D eigenvalue weighted by atomic mass is 10.1. The van der Waals surface area contributed by atoms with E-state index in [4.69, 9.17) is 4.74 Å². The van der Waals surface area contributed by atoms with Crippen molar-refractivity contribution in [2.45, 2.75) is 38.3 Å². The molecule has 1 aliphatic carbocycles. The van der Waals surface area contributed by atoms with Crippen molar-refractivity contribution in [2.24, 2.45) is 0 Å². The lowest BCUT2D eigenvalue weighted by Gasteiger charge is -2.27. The Bertz CT molecular complexity index is 457. The van der Waals surface area contributed by atoms with Gasteiger partial charge < -0.3 is 9.64 Å². The first-order chi connectivity index (χ1) is 9.13. The average Bonchev–Trinajstić information content (AvgIpc) is 3.23. The number of ether oxygens (including phenoxy) is 1. The van der Waals surface area contributed by atoms with Gasteiger partial charge in [0.25, 0.3) is 0 Å². The Hall–Kier alpha value is -1.91. The van der Waals surface area contributed by atoms with Crippen LogP contribution in [0.4, 0.5) is 0 Å². The second kappa shape index (κ2) is 5.82. The minimum absolute atomic E-state index is 0.0478. The monoisotopic (exact) mass is 262 g/mol. The highest BCUT2D eigenvalue weighted by Crippen LogP contribution is 2.29. The van der Waals surface area contributed by atoms with Gasteiger partial charge in [0.1, 0.15) is 6.04 Å². The van der Waals surface area contributed by atoms with Gasteiger partial charge in [-0.25, -0.2) is 4.79 Å². The molecule has 1 atom stereocenters. The molecule has 0 radical (unpaired) electrons. The fourth-order valence-corrected chi connectivity index (χ4v) is 2.14. The van der Waals surface area contributed by atoms with Crippen molar-refractivity contribution in [1.29, 1.82) is 0 Å². The van der Waals surface area contributed by atoms with E-state index in [-0.39, 0.29) is 24.3 Å². The SMILES string of the molecule is COC(=O)[C@@H](C)N(C(=O)Cc1cccnc1)C1CC1. The molecular weight excluding hydrogens is 244 g/mol. The number of pyridine rings is 1. The Morgan fingerprint density at radius 3 is 2.79 bits per heavy atom. The van der Waals surface area contributed by atoms with Gasteiger partial charge in [-0.05, 0) is 31.4 Å². The van der Waals surface area contributed by atoms with Crippen molar-refractivity contribution in [1.82, 2.24) is 9.88 Å². The fourth-order valence-electron chi connectivity index (χ4n) is 2.14. The molecule has 0 aliphatic heterocycles. The first kappa shape index (κ1) is 13.5. The van der Waals surface area contributed by atoms with Gasteiger partial charge in [0.05, 0.1) is 13.5 Å². The molecule has 0 spiro atoms. The third-order valence-electron chi connectivity index (χ3n) is 3.27. The van der Waals surface area contributed by atoms with Gasteiger partial charge in [0, 0.05) is 18.4 Å². The van der Waals surface area contributed by atoms with E-state index in [9.17, 15) is 9.59 Å². The van der Waals surface area contributed by atoms with E-state index in [1.54, 1.807) is 30.3 Å². The molecule has 1 aromatic rings. The molecule has 5 nitrogen and oxygen atoms in total. The van der Waals surface area contributed by atoms with Crippen LogP contribution in [0, 0.1) is 0 Å². The van der Waals surface area contributed by atoms with Gasteiger partial charge in [0.2, 0.25) is 5.91 Å². The van der Waals surface area contributed by atoms with E-state index in [2.05, 4.69) is 4.98 Å². The predicted molar refractivity (Wildman–Crippen MR) is 69.3 cm³/mol. The average molecular weight is 262 g/mol. The zero-order valence-corrected chi connectivity index (χ0v) is 11.2. The van der Waals surface area contributed by atoms with Crippen LogP contribution in [0.3, 0.4) is 0 Å². The summed E-state index contributed by atoms with van der Waals surface area (Å²) in [5.74, 6) is -0.417. The van der Waals surface area contributed by atoms with E-state index < -0.39 is 6.04 Å². The van der Waals surface area contributed by atoms with Crippen molar-refractivity contribution < 1.29 is 14.3 Å². The Labute approximate surface area is 112 Å². The number of hydrogen-bond donors (Lipinski definition) is 0. The van der Waals surface area contributed by atoms with Crippen LogP contribution in [0.1, 0.15) is 25.3 Å². The van der Waals surface area contributed by atoms with E-state index in [1.165, 1.54) is 7.11 Å². The third kappa shape index (κ3) is 3.30. The maximum absolute atomic E-state index is 12.3.